The van der Waals surface area contributed by atoms with Crippen LogP contribution in [0.3, 0.4) is 0 Å². The van der Waals surface area contributed by atoms with Gasteiger partial charge in [0.05, 0.1) is 11.0 Å². The normalized spacial score (nSPS) is 12.4. The van der Waals surface area contributed by atoms with Gasteiger partial charge in [0.25, 0.3) is 0 Å². The van der Waals surface area contributed by atoms with Gasteiger partial charge < -0.3 is 4.57 Å². The molecule has 1 unspecified atom stereocenters. The van der Waals surface area contributed by atoms with Gasteiger partial charge in [0.2, 0.25) is 0 Å². The summed E-state index contributed by atoms with van der Waals surface area (Å²) in [6.45, 7) is 4.64. The van der Waals surface area contributed by atoms with Crippen LogP contribution in [0.1, 0.15) is 36.0 Å². The van der Waals surface area contributed by atoms with Crippen LogP contribution < -0.4 is 0 Å². The lowest BCUT2D eigenvalue weighted by molar-refractivity contribution is 0.780. The van der Waals surface area contributed by atoms with Crippen molar-refractivity contribution in [2.45, 2.75) is 26.2 Å². The molecule has 1 atom stereocenters. The highest BCUT2D eigenvalue weighted by atomic mass is 32.1. The maximum Gasteiger partial charge on any atom is 0.0547 e. The molecule has 12 aromatic rings. The number of para-hydroxylation sites is 2. The Hall–Kier alpha value is -6.78. The number of aryl methyl sites for hydroxylation is 1. The van der Waals surface area contributed by atoms with Gasteiger partial charge in [-0.05, 0) is 124 Å². The summed E-state index contributed by atoms with van der Waals surface area (Å²) in [5.41, 5.74) is 15.3. The van der Waals surface area contributed by atoms with Crippen molar-refractivity contribution < 1.29 is 0 Å². The van der Waals surface area contributed by atoms with E-state index in [9.17, 15) is 0 Å². The Morgan fingerprint density at radius 1 is 0.443 bits per heavy atom. The lowest BCUT2D eigenvalue weighted by Gasteiger charge is -2.22. The maximum atomic E-state index is 2.51. The summed E-state index contributed by atoms with van der Waals surface area (Å²) in [5.74, 6) is 0.209. The molecule has 0 aliphatic carbocycles. The average Bonchev–Trinajstić information content (AvgIpc) is 3.99. The van der Waals surface area contributed by atoms with E-state index in [-0.39, 0.29) is 5.92 Å². The summed E-state index contributed by atoms with van der Waals surface area (Å²) in [7, 11) is 0. The van der Waals surface area contributed by atoms with Crippen molar-refractivity contribution in [2.24, 2.45) is 0 Å². The van der Waals surface area contributed by atoms with Crippen molar-refractivity contribution in [2.75, 3.05) is 0 Å². The largest absolute Gasteiger partial charge is 0.309 e. The number of hydrogen-bond acceptors (Lipinski definition) is 2. The fraction of sp³-hybridized carbons (Fsp3) is 0.0690. The first-order valence-electron chi connectivity index (χ1n) is 21.3. The molecule has 0 spiro atoms. The molecule has 61 heavy (non-hydrogen) atoms. The Balaban J connectivity index is 0.996. The van der Waals surface area contributed by atoms with Crippen LogP contribution in [0.2, 0.25) is 0 Å². The molecule has 0 bridgehead atoms. The second-order valence-corrected chi connectivity index (χ2v) is 18.5. The van der Waals surface area contributed by atoms with Gasteiger partial charge >= 0.3 is 0 Å². The average molecular weight is 816 g/mol. The maximum absolute atomic E-state index is 2.51. The first-order valence-corrected chi connectivity index (χ1v) is 22.9. The number of benzene rings is 9. The zero-order valence-electron chi connectivity index (χ0n) is 34.0. The Kier molecular flexibility index (Phi) is 8.55. The molecular formula is C58H41NS2. The van der Waals surface area contributed by atoms with Gasteiger partial charge in [0, 0.05) is 62.7 Å². The van der Waals surface area contributed by atoms with Gasteiger partial charge in [-0.1, -0.05) is 140 Å². The SMILES string of the molecule is CCC(c1cc(-c2ccc3sc4ccccc4c3c2)c2sc3ccccc3c2c1)c1ccccc1-c1ccc(-c2cccc3c2c2ccccc2n3-c2ccccc2)cc1C. The predicted octanol–water partition coefficient (Wildman–Crippen LogP) is 17.4. The Morgan fingerprint density at radius 3 is 1.90 bits per heavy atom. The van der Waals surface area contributed by atoms with Crippen molar-refractivity contribution in [1.29, 1.82) is 0 Å². The highest BCUT2D eigenvalue weighted by Gasteiger charge is 2.23. The van der Waals surface area contributed by atoms with Gasteiger partial charge in [0.15, 0.2) is 0 Å². The summed E-state index contributed by atoms with van der Waals surface area (Å²) in [6, 6.07) is 72.5. The van der Waals surface area contributed by atoms with Gasteiger partial charge in [0.1, 0.15) is 0 Å². The van der Waals surface area contributed by atoms with Crippen LogP contribution in [0.15, 0.2) is 194 Å². The number of aromatic nitrogens is 1. The second-order valence-electron chi connectivity index (χ2n) is 16.3. The summed E-state index contributed by atoms with van der Waals surface area (Å²) < 4.78 is 7.78. The summed E-state index contributed by atoms with van der Waals surface area (Å²) in [4.78, 5) is 0. The van der Waals surface area contributed by atoms with Crippen LogP contribution in [-0.4, -0.2) is 4.57 Å². The first kappa shape index (κ1) is 36.1. The van der Waals surface area contributed by atoms with E-state index < -0.39 is 0 Å². The molecule has 3 heterocycles. The smallest absolute Gasteiger partial charge is 0.0547 e. The summed E-state index contributed by atoms with van der Waals surface area (Å²) >= 11 is 3.81. The predicted molar refractivity (Wildman–Crippen MR) is 266 cm³/mol. The zero-order valence-corrected chi connectivity index (χ0v) is 35.7. The zero-order chi connectivity index (χ0) is 40.6. The Labute approximate surface area is 363 Å². The van der Waals surface area contributed by atoms with Crippen LogP contribution in [0.4, 0.5) is 0 Å². The molecule has 0 amide bonds. The molecule has 0 saturated carbocycles. The van der Waals surface area contributed by atoms with Crippen LogP contribution >= 0.6 is 22.7 Å². The molecular weight excluding hydrogens is 775 g/mol. The van der Waals surface area contributed by atoms with Crippen molar-refractivity contribution in [3.05, 3.63) is 211 Å². The minimum Gasteiger partial charge on any atom is -0.309 e. The molecule has 12 rings (SSSR count). The van der Waals surface area contributed by atoms with Gasteiger partial charge in [-0.15, -0.1) is 22.7 Å². The minimum atomic E-state index is 0.209. The fourth-order valence-electron chi connectivity index (χ4n) is 10.1. The van der Waals surface area contributed by atoms with Crippen molar-refractivity contribution in [3.8, 4) is 39.1 Å². The highest BCUT2D eigenvalue weighted by molar-refractivity contribution is 7.26. The van der Waals surface area contributed by atoms with E-state index in [1.807, 2.05) is 22.7 Å². The molecule has 0 aliphatic heterocycles. The van der Waals surface area contributed by atoms with E-state index in [2.05, 4.69) is 213 Å². The second kappa shape index (κ2) is 14.4. The van der Waals surface area contributed by atoms with Gasteiger partial charge in [-0.2, -0.15) is 0 Å². The molecule has 0 N–H and O–H groups in total. The van der Waals surface area contributed by atoms with Gasteiger partial charge in [-0.3, -0.25) is 0 Å². The summed E-state index contributed by atoms with van der Waals surface area (Å²) in [6.07, 6.45) is 0.989. The summed E-state index contributed by atoms with van der Waals surface area (Å²) in [5, 5.41) is 7.93. The third kappa shape index (κ3) is 5.80. The molecule has 0 aliphatic rings. The molecule has 290 valence electrons. The molecule has 0 radical (unpaired) electrons. The fourth-order valence-corrected chi connectivity index (χ4v) is 12.4. The van der Waals surface area contributed by atoms with Gasteiger partial charge in [-0.25, -0.2) is 0 Å². The molecule has 1 nitrogen and oxygen atoms in total. The third-order valence-electron chi connectivity index (χ3n) is 12.9. The third-order valence-corrected chi connectivity index (χ3v) is 15.2. The number of thiophene rings is 2. The topological polar surface area (TPSA) is 4.93 Å². The van der Waals surface area contributed by atoms with E-state index in [1.165, 1.54) is 118 Å². The first-order chi connectivity index (χ1) is 30.1. The standard InChI is InChI=1S/C58H41NS2/c1-3-41(39-34-49(58-51(35-39)47-21-11-14-27-55(47)61-58)38-29-31-56-50(33-38)46-20-10-13-26-54(46)60-56)44-18-7-8-19-45(44)42-30-28-37(32-36(42)2)43-23-15-25-53-57(43)48-22-9-12-24-52(48)59(53)40-16-5-4-6-17-40/h4-35,41H,3H2,1-2H3. The van der Waals surface area contributed by atoms with E-state index in [1.54, 1.807) is 0 Å². The monoisotopic (exact) mass is 815 g/mol. The highest BCUT2D eigenvalue weighted by Crippen LogP contribution is 2.47. The van der Waals surface area contributed by atoms with E-state index >= 15 is 0 Å². The van der Waals surface area contributed by atoms with E-state index in [4.69, 9.17) is 0 Å². The Morgan fingerprint density at radius 2 is 1.08 bits per heavy atom. The lowest BCUT2D eigenvalue weighted by Crippen LogP contribution is -2.03. The van der Waals surface area contributed by atoms with E-state index in [0.717, 1.165) is 6.42 Å². The molecule has 0 saturated heterocycles. The number of nitrogens with zero attached hydrogens (tertiary/aromatic N) is 1. The Bertz CT molecular complexity index is 3660. The number of fused-ring (bicyclic) bond motifs is 9. The molecule has 9 aromatic carbocycles. The minimum absolute atomic E-state index is 0.209. The van der Waals surface area contributed by atoms with Crippen molar-refractivity contribution >= 4 is 84.8 Å². The van der Waals surface area contributed by atoms with Crippen LogP contribution in [0.5, 0.6) is 0 Å². The molecule has 0 fully saturated rings. The molecule has 3 aromatic heterocycles. The van der Waals surface area contributed by atoms with Crippen molar-refractivity contribution in [1.82, 2.24) is 4.57 Å². The quantitative estimate of drug-likeness (QED) is 0.151. The number of rotatable bonds is 7. The molecule has 3 heteroatoms. The number of hydrogen-bond donors (Lipinski definition) is 0. The van der Waals surface area contributed by atoms with Crippen LogP contribution in [-0.2, 0) is 0 Å². The lowest BCUT2D eigenvalue weighted by atomic mass is 9.81. The van der Waals surface area contributed by atoms with Crippen molar-refractivity contribution in [3.63, 3.8) is 0 Å². The van der Waals surface area contributed by atoms with Crippen LogP contribution in [0, 0.1) is 6.92 Å². The van der Waals surface area contributed by atoms with Crippen LogP contribution in [0.25, 0.3) is 101 Å². The van der Waals surface area contributed by atoms with E-state index in [0.29, 0.717) is 0 Å².